The fraction of sp³-hybridized carbons (Fsp3) is 0.417. The summed E-state index contributed by atoms with van der Waals surface area (Å²) in [5, 5.41) is 3.07. The predicted molar refractivity (Wildman–Crippen MR) is 67.4 cm³/mol. The van der Waals surface area contributed by atoms with Gasteiger partial charge in [0.05, 0.1) is 6.54 Å². The van der Waals surface area contributed by atoms with Crippen molar-refractivity contribution in [1.29, 1.82) is 0 Å². The molecule has 0 fully saturated rings. The summed E-state index contributed by atoms with van der Waals surface area (Å²) in [6, 6.07) is 5.69. The summed E-state index contributed by atoms with van der Waals surface area (Å²) < 4.78 is 0. The number of amides is 1. The SMILES string of the molecule is CCN(C)C(=O)CNc1cc(C)cc(N)c1. The molecule has 0 aliphatic rings. The molecule has 0 atom stereocenters. The highest BCUT2D eigenvalue weighted by Crippen LogP contribution is 2.15. The number of nitrogens with one attached hydrogen (secondary N) is 1. The fourth-order valence-corrected chi connectivity index (χ4v) is 1.40. The minimum atomic E-state index is 0.0718. The average Bonchev–Trinajstić information content (AvgIpc) is 2.23. The van der Waals surface area contributed by atoms with Gasteiger partial charge >= 0.3 is 0 Å². The summed E-state index contributed by atoms with van der Waals surface area (Å²) in [5.74, 6) is 0.0718. The van der Waals surface area contributed by atoms with Gasteiger partial charge in [-0.2, -0.15) is 0 Å². The maximum atomic E-state index is 11.5. The number of nitrogens with two attached hydrogens (primary N) is 1. The van der Waals surface area contributed by atoms with Crippen molar-refractivity contribution in [2.45, 2.75) is 13.8 Å². The molecule has 4 nitrogen and oxygen atoms in total. The van der Waals surface area contributed by atoms with E-state index in [4.69, 9.17) is 5.73 Å². The number of carbonyl (C=O) groups excluding carboxylic acids is 1. The number of hydrogen-bond donors (Lipinski definition) is 2. The highest BCUT2D eigenvalue weighted by molar-refractivity contribution is 5.80. The first-order chi connectivity index (χ1) is 7.52. The first kappa shape index (κ1) is 12.4. The number of carbonyl (C=O) groups is 1. The quantitative estimate of drug-likeness (QED) is 0.757. The smallest absolute Gasteiger partial charge is 0.241 e. The van der Waals surface area contributed by atoms with Crippen LogP contribution in [0, 0.1) is 6.92 Å². The van der Waals surface area contributed by atoms with Crippen LogP contribution < -0.4 is 11.1 Å². The largest absolute Gasteiger partial charge is 0.399 e. The van der Waals surface area contributed by atoms with Gasteiger partial charge in [0.25, 0.3) is 0 Å². The van der Waals surface area contributed by atoms with Gasteiger partial charge in [0.2, 0.25) is 5.91 Å². The molecule has 1 amide bonds. The molecule has 0 aromatic heterocycles. The van der Waals surface area contributed by atoms with E-state index in [1.807, 2.05) is 32.0 Å². The number of nitrogen functional groups attached to an aromatic ring is 1. The van der Waals surface area contributed by atoms with E-state index in [-0.39, 0.29) is 5.91 Å². The minimum Gasteiger partial charge on any atom is -0.399 e. The van der Waals surface area contributed by atoms with E-state index in [0.29, 0.717) is 12.2 Å². The van der Waals surface area contributed by atoms with Gasteiger partial charge in [-0.25, -0.2) is 0 Å². The van der Waals surface area contributed by atoms with E-state index in [9.17, 15) is 4.79 Å². The third-order valence-electron chi connectivity index (χ3n) is 2.44. The van der Waals surface area contributed by atoms with Crippen LogP contribution >= 0.6 is 0 Å². The van der Waals surface area contributed by atoms with Gasteiger partial charge in [0.1, 0.15) is 0 Å². The first-order valence-electron chi connectivity index (χ1n) is 5.38. The van der Waals surface area contributed by atoms with Crippen LogP contribution in [0.3, 0.4) is 0 Å². The highest BCUT2D eigenvalue weighted by Gasteiger charge is 2.05. The lowest BCUT2D eigenvalue weighted by molar-refractivity contribution is -0.127. The Morgan fingerprint density at radius 2 is 2.12 bits per heavy atom. The molecule has 1 aromatic rings. The Bertz CT molecular complexity index is 356. The van der Waals surface area contributed by atoms with Crippen LogP contribution in [0.15, 0.2) is 18.2 Å². The zero-order valence-corrected chi connectivity index (χ0v) is 10.1. The zero-order valence-electron chi connectivity index (χ0n) is 10.1. The second kappa shape index (κ2) is 5.39. The van der Waals surface area contributed by atoms with Gasteiger partial charge in [-0.1, -0.05) is 0 Å². The second-order valence-electron chi connectivity index (χ2n) is 3.89. The van der Waals surface area contributed by atoms with Crippen molar-refractivity contribution in [2.75, 3.05) is 31.2 Å². The van der Waals surface area contributed by atoms with Crippen LogP contribution in [-0.4, -0.2) is 30.9 Å². The molecule has 0 aliphatic carbocycles. The van der Waals surface area contributed by atoms with E-state index < -0.39 is 0 Å². The van der Waals surface area contributed by atoms with Crippen molar-refractivity contribution >= 4 is 17.3 Å². The maximum absolute atomic E-state index is 11.5. The highest BCUT2D eigenvalue weighted by atomic mass is 16.2. The van der Waals surface area contributed by atoms with Crippen molar-refractivity contribution < 1.29 is 4.79 Å². The monoisotopic (exact) mass is 221 g/mol. The number of hydrogen-bond acceptors (Lipinski definition) is 3. The molecule has 0 saturated heterocycles. The molecule has 0 spiro atoms. The van der Waals surface area contributed by atoms with Crippen molar-refractivity contribution in [1.82, 2.24) is 4.90 Å². The molecule has 1 rings (SSSR count). The molecule has 0 saturated carbocycles. The summed E-state index contributed by atoms with van der Waals surface area (Å²) in [5.41, 5.74) is 8.39. The molecule has 88 valence electrons. The van der Waals surface area contributed by atoms with Crippen LogP contribution in [0.1, 0.15) is 12.5 Å². The lowest BCUT2D eigenvalue weighted by Crippen LogP contribution is -2.31. The third-order valence-corrected chi connectivity index (χ3v) is 2.44. The molecule has 0 unspecified atom stereocenters. The van der Waals surface area contributed by atoms with Gasteiger partial charge < -0.3 is 16.0 Å². The molecule has 0 bridgehead atoms. The van der Waals surface area contributed by atoms with Crippen LogP contribution in [0.25, 0.3) is 0 Å². The van der Waals surface area contributed by atoms with E-state index in [1.54, 1.807) is 11.9 Å². The third kappa shape index (κ3) is 3.46. The molecule has 0 radical (unpaired) electrons. The lowest BCUT2D eigenvalue weighted by atomic mass is 10.2. The van der Waals surface area contributed by atoms with Crippen molar-refractivity contribution in [3.63, 3.8) is 0 Å². The predicted octanol–water partition coefficient (Wildman–Crippen LogP) is 1.47. The standard InChI is InChI=1S/C12H19N3O/c1-4-15(3)12(16)8-14-11-6-9(2)5-10(13)7-11/h5-7,14H,4,8,13H2,1-3H3. The number of rotatable bonds is 4. The van der Waals surface area contributed by atoms with E-state index in [2.05, 4.69) is 5.32 Å². The van der Waals surface area contributed by atoms with Crippen molar-refractivity contribution in [2.24, 2.45) is 0 Å². The van der Waals surface area contributed by atoms with Crippen LogP contribution in [-0.2, 0) is 4.79 Å². The van der Waals surface area contributed by atoms with Crippen LogP contribution in [0.5, 0.6) is 0 Å². The Labute approximate surface area is 96.4 Å². The Morgan fingerprint density at radius 3 is 2.69 bits per heavy atom. The van der Waals surface area contributed by atoms with Gasteiger partial charge in [-0.3, -0.25) is 4.79 Å². The van der Waals surface area contributed by atoms with Gasteiger partial charge in [-0.05, 0) is 37.6 Å². The number of likely N-dealkylation sites (N-methyl/N-ethyl adjacent to an activating group) is 1. The second-order valence-corrected chi connectivity index (χ2v) is 3.89. The Kier molecular flexibility index (Phi) is 4.17. The number of nitrogens with zero attached hydrogens (tertiary/aromatic N) is 1. The molecule has 16 heavy (non-hydrogen) atoms. The Morgan fingerprint density at radius 1 is 1.44 bits per heavy atom. The number of anilines is 2. The fourth-order valence-electron chi connectivity index (χ4n) is 1.40. The topological polar surface area (TPSA) is 58.4 Å². The van der Waals surface area contributed by atoms with Gasteiger partial charge in [0, 0.05) is 25.0 Å². The maximum Gasteiger partial charge on any atom is 0.241 e. The molecule has 4 heteroatoms. The zero-order chi connectivity index (χ0) is 12.1. The normalized spacial score (nSPS) is 9.94. The average molecular weight is 221 g/mol. The van der Waals surface area contributed by atoms with Gasteiger partial charge in [0.15, 0.2) is 0 Å². The Balaban J connectivity index is 2.58. The Hall–Kier alpha value is -1.71. The van der Waals surface area contributed by atoms with E-state index in [0.717, 1.165) is 17.8 Å². The van der Waals surface area contributed by atoms with Crippen molar-refractivity contribution in [3.05, 3.63) is 23.8 Å². The molecule has 0 heterocycles. The number of benzene rings is 1. The first-order valence-corrected chi connectivity index (χ1v) is 5.38. The molecular weight excluding hydrogens is 202 g/mol. The van der Waals surface area contributed by atoms with E-state index in [1.165, 1.54) is 0 Å². The van der Waals surface area contributed by atoms with Crippen LogP contribution in [0.4, 0.5) is 11.4 Å². The van der Waals surface area contributed by atoms with Crippen molar-refractivity contribution in [3.8, 4) is 0 Å². The summed E-state index contributed by atoms with van der Waals surface area (Å²) in [6.07, 6.45) is 0. The lowest BCUT2D eigenvalue weighted by Gasteiger charge is -2.15. The number of aryl methyl sites for hydroxylation is 1. The summed E-state index contributed by atoms with van der Waals surface area (Å²) in [7, 11) is 1.79. The minimum absolute atomic E-state index is 0.0718. The molecular formula is C12H19N3O. The van der Waals surface area contributed by atoms with Crippen LogP contribution in [0.2, 0.25) is 0 Å². The summed E-state index contributed by atoms with van der Waals surface area (Å²) in [6.45, 7) is 4.94. The van der Waals surface area contributed by atoms with E-state index >= 15 is 0 Å². The molecule has 0 aliphatic heterocycles. The summed E-state index contributed by atoms with van der Waals surface area (Å²) in [4.78, 5) is 13.2. The molecule has 3 N–H and O–H groups in total. The van der Waals surface area contributed by atoms with Gasteiger partial charge in [-0.15, -0.1) is 0 Å². The molecule has 1 aromatic carbocycles. The summed E-state index contributed by atoms with van der Waals surface area (Å²) >= 11 is 0.